The van der Waals surface area contributed by atoms with E-state index in [1.54, 1.807) is 12.5 Å². The summed E-state index contributed by atoms with van der Waals surface area (Å²) in [5.41, 5.74) is 2.78. The summed E-state index contributed by atoms with van der Waals surface area (Å²) in [6, 6.07) is 1.93. The average molecular weight is 286 g/mol. The molecule has 0 saturated carbocycles. The minimum atomic E-state index is -0.839. The first kappa shape index (κ1) is 13.5. The second-order valence-electron chi connectivity index (χ2n) is 4.32. The van der Waals surface area contributed by atoms with Crippen LogP contribution in [0, 0.1) is 6.92 Å². The molecule has 0 radical (unpaired) electrons. The zero-order valence-corrected chi connectivity index (χ0v) is 12.3. The van der Waals surface area contributed by atoms with Crippen molar-refractivity contribution in [2.45, 2.75) is 25.8 Å². The van der Waals surface area contributed by atoms with E-state index in [2.05, 4.69) is 9.97 Å². The third-order valence-electron chi connectivity index (χ3n) is 2.82. The highest BCUT2D eigenvalue weighted by Crippen LogP contribution is 2.24. The van der Waals surface area contributed by atoms with Gasteiger partial charge in [-0.2, -0.15) is 0 Å². The van der Waals surface area contributed by atoms with Crippen LogP contribution < -0.4 is 0 Å². The Hall–Kier alpha value is -0.940. The third kappa shape index (κ3) is 2.57. The molecule has 0 spiro atoms. The summed E-state index contributed by atoms with van der Waals surface area (Å²) in [4.78, 5) is 8.93. The quantitative estimate of drug-likeness (QED) is 0.811. The number of imidazole rings is 1. The molecule has 0 aliphatic rings. The van der Waals surface area contributed by atoms with Crippen LogP contribution in [0.15, 0.2) is 12.3 Å². The molecule has 0 aliphatic heterocycles. The van der Waals surface area contributed by atoms with Gasteiger partial charge in [-0.3, -0.25) is 4.21 Å². The van der Waals surface area contributed by atoms with Gasteiger partial charge in [-0.05, 0) is 25.5 Å². The molecule has 0 bridgehead atoms. The number of aryl methyl sites for hydroxylation is 2. The van der Waals surface area contributed by atoms with Gasteiger partial charge in [0, 0.05) is 35.5 Å². The fourth-order valence-corrected chi connectivity index (χ4v) is 2.51. The lowest BCUT2D eigenvalue weighted by atomic mass is 10.3. The maximum Gasteiger partial charge on any atom is 0.160 e. The van der Waals surface area contributed by atoms with E-state index >= 15 is 0 Å². The van der Waals surface area contributed by atoms with Gasteiger partial charge in [0.1, 0.15) is 11.3 Å². The molecule has 0 aromatic carbocycles. The zero-order valence-electron chi connectivity index (χ0n) is 10.7. The summed E-state index contributed by atoms with van der Waals surface area (Å²) in [5.74, 6) is 1.37. The lowest BCUT2D eigenvalue weighted by molar-refractivity contribution is 0.671. The number of nitrogens with zero attached hydrogens (tertiary/aromatic N) is 3. The predicted molar refractivity (Wildman–Crippen MR) is 75.5 cm³/mol. The van der Waals surface area contributed by atoms with Crippen molar-refractivity contribution in [1.29, 1.82) is 0 Å². The Balaban J connectivity index is 2.55. The fourth-order valence-electron chi connectivity index (χ4n) is 1.90. The second kappa shape index (κ2) is 5.36. The smallest absolute Gasteiger partial charge is 0.160 e. The molecular formula is C12H16ClN3OS. The summed E-state index contributed by atoms with van der Waals surface area (Å²) in [6.07, 6.45) is 3.46. The topological polar surface area (TPSA) is 47.8 Å². The molecule has 0 N–H and O–H groups in total. The van der Waals surface area contributed by atoms with Gasteiger partial charge in [0.15, 0.2) is 5.65 Å². The van der Waals surface area contributed by atoms with Gasteiger partial charge in [0.25, 0.3) is 0 Å². The van der Waals surface area contributed by atoms with Gasteiger partial charge >= 0.3 is 0 Å². The fraction of sp³-hybridized carbons (Fsp3) is 0.500. The average Bonchev–Trinajstić information content (AvgIpc) is 2.66. The summed E-state index contributed by atoms with van der Waals surface area (Å²) in [6.45, 7) is 4.52. The summed E-state index contributed by atoms with van der Waals surface area (Å²) in [7, 11) is -0.839. The number of aromatic nitrogens is 3. The number of hydrogen-bond acceptors (Lipinski definition) is 3. The highest BCUT2D eigenvalue weighted by Gasteiger charge is 2.16. The van der Waals surface area contributed by atoms with Crippen molar-refractivity contribution in [3.63, 3.8) is 0 Å². The molecule has 6 heteroatoms. The van der Waals surface area contributed by atoms with Crippen LogP contribution in [0.5, 0.6) is 0 Å². The summed E-state index contributed by atoms with van der Waals surface area (Å²) in [5, 5.41) is -0.191. The van der Waals surface area contributed by atoms with E-state index in [-0.39, 0.29) is 5.38 Å². The largest absolute Gasteiger partial charge is 0.311 e. The number of rotatable bonds is 4. The Labute approximate surface area is 114 Å². The van der Waals surface area contributed by atoms with Crippen molar-refractivity contribution < 1.29 is 4.21 Å². The first-order chi connectivity index (χ1) is 8.50. The van der Waals surface area contributed by atoms with Crippen molar-refractivity contribution in [3.05, 3.63) is 23.7 Å². The van der Waals surface area contributed by atoms with E-state index in [1.807, 2.05) is 24.5 Å². The molecule has 98 valence electrons. The van der Waals surface area contributed by atoms with Crippen LogP contribution in [0.1, 0.15) is 23.7 Å². The minimum Gasteiger partial charge on any atom is -0.311 e. The van der Waals surface area contributed by atoms with Crippen molar-refractivity contribution in [3.8, 4) is 0 Å². The molecule has 0 amide bonds. The molecule has 0 saturated heterocycles. The van der Waals surface area contributed by atoms with Gasteiger partial charge < -0.3 is 4.57 Å². The van der Waals surface area contributed by atoms with Crippen LogP contribution in [0.2, 0.25) is 0 Å². The first-order valence-corrected chi connectivity index (χ1v) is 7.93. The van der Waals surface area contributed by atoms with E-state index in [9.17, 15) is 4.21 Å². The van der Waals surface area contributed by atoms with Crippen molar-refractivity contribution in [2.75, 3.05) is 12.0 Å². The van der Waals surface area contributed by atoms with Crippen LogP contribution in [-0.2, 0) is 17.3 Å². The Morgan fingerprint density at radius 3 is 2.89 bits per heavy atom. The molecule has 4 nitrogen and oxygen atoms in total. The normalized spacial score (nSPS) is 14.9. The molecule has 2 rings (SSSR count). The molecule has 2 heterocycles. The highest BCUT2D eigenvalue weighted by molar-refractivity contribution is 7.84. The summed E-state index contributed by atoms with van der Waals surface area (Å²) >= 11 is 6.16. The number of alkyl halides is 1. The highest BCUT2D eigenvalue weighted by atomic mass is 35.5. The molecule has 0 aliphatic carbocycles. The Morgan fingerprint density at radius 2 is 2.28 bits per heavy atom. The van der Waals surface area contributed by atoms with Gasteiger partial charge in [0.05, 0.1) is 5.38 Å². The van der Waals surface area contributed by atoms with E-state index in [4.69, 9.17) is 11.6 Å². The maximum atomic E-state index is 11.2. The lowest BCUT2D eigenvalue weighted by Crippen LogP contribution is -2.10. The molecule has 0 fully saturated rings. The van der Waals surface area contributed by atoms with Crippen molar-refractivity contribution in [2.24, 2.45) is 0 Å². The standard InChI is InChI=1S/C12H16ClN3OS/c1-8-4-5-14-12-10(8)15-11(9(2)13)16(12)6-7-18(3)17/h4-5,9H,6-7H2,1-3H3. The molecule has 18 heavy (non-hydrogen) atoms. The van der Waals surface area contributed by atoms with Crippen LogP contribution in [-0.4, -0.2) is 30.8 Å². The van der Waals surface area contributed by atoms with Gasteiger partial charge in [-0.15, -0.1) is 11.6 Å². The van der Waals surface area contributed by atoms with Gasteiger partial charge in [-0.25, -0.2) is 9.97 Å². The van der Waals surface area contributed by atoms with Crippen LogP contribution in [0.4, 0.5) is 0 Å². The Kier molecular flexibility index (Phi) is 4.02. The van der Waals surface area contributed by atoms with Crippen LogP contribution in [0.25, 0.3) is 11.2 Å². The minimum absolute atomic E-state index is 0.191. The number of hydrogen-bond donors (Lipinski definition) is 0. The maximum absolute atomic E-state index is 11.2. The van der Waals surface area contributed by atoms with E-state index in [0.717, 1.165) is 22.6 Å². The number of pyridine rings is 1. The van der Waals surface area contributed by atoms with Crippen LogP contribution >= 0.6 is 11.6 Å². The Bertz CT molecular complexity index is 594. The zero-order chi connectivity index (χ0) is 13.3. The van der Waals surface area contributed by atoms with E-state index < -0.39 is 10.8 Å². The van der Waals surface area contributed by atoms with Crippen molar-refractivity contribution >= 4 is 33.6 Å². The lowest BCUT2D eigenvalue weighted by Gasteiger charge is -2.08. The first-order valence-electron chi connectivity index (χ1n) is 5.76. The van der Waals surface area contributed by atoms with Gasteiger partial charge in [-0.1, -0.05) is 0 Å². The molecule has 2 aromatic heterocycles. The molecule has 2 aromatic rings. The number of fused-ring (bicyclic) bond motifs is 1. The van der Waals surface area contributed by atoms with E-state index in [1.165, 1.54) is 0 Å². The summed E-state index contributed by atoms with van der Waals surface area (Å²) < 4.78 is 13.2. The molecule has 2 unspecified atom stereocenters. The SMILES string of the molecule is Cc1ccnc2c1nc(C(C)Cl)n2CCS(C)=O. The molecule has 2 atom stereocenters. The predicted octanol–water partition coefficient (Wildman–Crippen LogP) is 2.42. The third-order valence-corrected chi connectivity index (χ3v) is 3.78. The van der Waals surface area contributed by atoms with Gasteiger partial charge in [0.2, 0.25) is 0 Å². The monoisotopic (exact) mass is 285 g/mol. The van der Waals surface area contributed by atoms with E-state index in [0.29, 0.717) is 12.3 Å². The Morgan fingerprint density at radius 1 is 1.56 bits per heavy atom. The van der Waals surface area contributed by atoms with Crippen LogP contribution in [0.3, 0.4) is 0 Å². The number of halogens is 1. The molecular weight excluding hydrogens is 270 g/mol. The van der Waals surface area contributed by atoms with Crippen molar-refractivity contribution in [1.82, 2.24) is 14.5 Å². The second-order valence-corrected chi connectivity index (χ2v) is 6.52.